The SMILES string of the molecule is COCCN1C(=O)c2ccccc2C(C(=O)NC(C)CCc2ccco2)C1c1cccs1. The van der Waals surface area contributed by atoms with Gasteiger partial charge in [-0.05, 0) is 48.6 Å². The summed E-state index contributed by atoms with van der Waals surface area (Å²) in [5, 5.41) is 5.17. The lowest BCUT2D eigenvalue weighted by atomic mass is 9.81. The minimum atomic E-state index is -0.495. The molecule has 1 N–H and O–H groups in total. The van der Waals surface area contributed by atoms with E-state index in [1.807, 2.05) is 60.8 Å². The molecule has 7 heteroatoms. The number of hydrogen-bond acceptors (Lipinski definition) is 5. The molecular weight excluding hydrogens is 424 g/mol. The van der Waals surface area contributed by atoms with Crippen molar-refractivity contribution in [3.8, 4) is 0 Å². The summed E-state index contributed by atoms with van der Waals surface area (Å²) in [6, 6.07) is 14.8. The van der Waals surface area contributed by atoms with Gasteiger partial charge in [0.1, 0.15) is 5.76 Å². The van der Waals surface area contributed by atoms with E-state index in [9.17, 15) is 9.59 Å². The molecule has 3 unspecified atom stereocenters. The summed E-state index contributed by atoms with van der Waals surface area (Å²) < 4.78 is 10.7. The Kier molecular flexibility index (Phi) is 7.07. The van der Waals surface area contributed by atoms with E-state index in [1.54, 1.807) is 29.6 Å². The highest BCUT2D eigenvalue weighted by Gasteiger charge is 2.44. The van der Waals surface area contributed by atoms with Gasteiger partial charge < -0.3 is 19.4 Å². The summed E-state index contributed by atoms with van der Waals surface area (Å²) in [5.41, 5.74) is 1.36. The Morgan fingerprint density at radius 3 is 2.78 bits per heavy atom. The molecule has 0 bridgehead atoms. The Morgan fingerprint density at radius 2 is 2.06 bits per heavy atom. The summed E-state index contributed by atoms with van der Waals surface area (Å²) >= 11 is 1.56. The zero-order chi connectivity index (χ0) is 22.5. The smallest absolute Gasteiger partial charge is 0.254 e. The van der Waals surface area contributed by atoms with E-state index < -0.39 is 5.92 Å². The number of carbonyl (C=O) groups excluding carboxylic acids is 2. The molecule has 0 fully saturated rings. The van der Waals surface area contributed by atoms with Crippen molar-refractivity contribution in [3.63, 3.8) is 0 Å². The third-order valence-corrected chi connectivity index (χ3v) is 6.83. The number of fused-ring (bicyclic) bond motifs is 1. The van der Waals surface area contributed by atoms with Crippen LogP contribution >= 0.6 is 11.3 Å². The number of methoxy groups -OCH3 is 1. The third-order valence-electron chi connectivity index (χ3n) is 5.88. The third kappa shape index (κ3) is 4.64. The van der Waals surface area contributed by atoms with Crippen LogP contribution in [0.4, 0.5) is 0 Å². The van der Waals surface area contributed by atoms with E-state index in [-0.39, 0.29) is 23.9 Å². The molecule has 1 aromatic carbocycles. The second-order valence-electron chi connectivity index (χ2n) is 8.04. The zero-order valence-electron chi connectivity index (χ0n) is 18.3. The number of furan rings is 1. The predicted molar refractivity (Wildman–Crippen MR) is 124 cm³/mol. The monoisotopic (exact) mass is 452 g/mol. The summed E-state index contributed by atoms with van der Waals surface area (Å²) in [7, 11) is 1.62. The van der Waals surface area contributed by atoms with Crippen molar-refractivity contribution in [1.29, 1.82) is 0 Å². The number of amides is 2. The summed E-state index contributed by atoms with van der Waals surface area (Å²) in [6.45, 7) is 2.83. The van der Waals surface area contributed by atoms with Crippen molar-refractivity contribution in [2.45, 2.75) is 37.8 Å². The first-order chi connectivity index (χ1) is 15.6. The van der Waals surface area contributed by atoms with Crippen molar-refractivity contribution >= 4 is 23.2 Å². The number of nitrogens with zero attached hydrogens (tertiary/aromatic N) is 1. The molecule has 2 aromatic heterocycles. The lowest BCUT2D eigenvalue weighted by Crippen LogP contribution is -2.49. The van der Waals surface area contributed by atoms with Gasteiger partial charge in [0.05, 0.1) is 24.8 Å². The van der Waals surface area contributed by atoms with Gasteiger partial charge in [-0.2, -0.15) is 0 Å². The fourth-order valence-electron chi connectivity index (χ4n) is 4.30. The van der Waals surface area contributed by atoms with Crippen LogP contribution in [0.15, 0.2) is 64.6 Å². The lowest BCUT2D eigenvalue weighted by Gasteiger charge is -2.41. The summed E-state index contributed by atoms with van der Waals surface area (Å²) in [6.07, 6.45) is 3.18. The number of aryl methyl sites for hydroxylation is 1. The van der Waals surface area contributed by atoms with Gasteiger partial charge in [0.15, 0.2) is 0 Å². The van der Waals surface area contributed by atoms with Gasteiger partial charge in [-0.15, -0.1) is 11.3 Å². The molecule has 3 atom stereocenters. The molecule has 32 heavy (non-hydrogen) atoms. The molecule has 2 amide bonds. The van der Waals surface area contributed by atoms with Gasteiger partial charge in [-0.25, -0.2) is 0 Å². The quantitative estimate of drug-likeness (QED) is 0.522. The molecule has 3 heterocycles. The Balaban J connectivity index is 1.63. The van der Waals surface area contributed by atoms with Crippen molar-refractivity contribution in [2.75, 3.05) is 20.3 Å². The van der Waals surface area contributed by atoms with Gasteiger partial charge in [0.25, 0.3) is 5.91 Å². The highest BCUT2D eigenvalue weighted by Crippen LogP contribution is 2.44. The van der Waals surface area contributed by atoms with Crippen LogP contribution in [0, 0.1) is 0 Å². The van der Waals surface area contributed by atoms with E-state index in [0.717, 1.165) is 29.0 Å². The minimum absolute atomic E-state index is 0.0335. The molecule has 0 saturated carbocycles. The second kappa shape index (κ2) is 10.1. The zero-order valence-corrected chi connectivity index (χ0v) is 19.1. The molecule has 0 radical (unpaired) electrons. The van der Waals surface area contributed by atoms with Gasteiger partial charge in [-0.3, -0.25) is 9.59 Å². The van der Waals surface area contributed by atoms with E-state index in [4.69, 9.17) is 9.15 Å². The van der Waals surface area contributed by atoms with Crippen molar-refractivity contribution in [1.82, 2.24) is 10.2 Å². The lowest BCUT2D eigenvalue weighted by molar-refractivity contribution is -0.125. The van der Waals surface area contributed by atoms with Gasteiger partial charge in [0, 0.05) is 36.6 Å². The van der Waals surface area contributed by atoms with Crippen LogP contribution in [0.3, 0.4) is 0 Å². The minimum Gasteiger partial charge on any atom is -0.469 e. The predicted octanol–water partition coefficient (Wildman–Crippen LogP) is 4.41. The van der Waals surface area contributed by atoms with Crippen LogP contribution in [0.5, 0.6) is 0 Å². The van der Waals surface area contributed by atoms with Crippen LogP contribution in [-0.2, 0) is 16.0 Å². The summed E-state index contributed by atoms with van der Waals surface area (Å²) in [5.74, 6) is 0.274. The normalized spacial score (nSPS) is 18.9. The number of nitrogens with one attached hydrogen (secondary N) is 1. The van der Waals surface area contributed by atoms with Crippen LogP contribution in [0.25, 0.3) is 0 Å². The fourth-order valence-corrected chi connectivity index (χ4v) is 5.18. The van der Waals surface area contributed by atoms with E-state index in [0.29, 0.717) is 18.7 Å². The highest BCUT2D eigenvalue weighted by atomic mass is 32.1. The number of ether oxygens (including phenoxy) is 1. The Bertz CT molecular complexity index is 1030. The standard InChI is InChI=1S/C25H28N2O4S/c1-17(11-12-18-7-5-14-31-18)26-24(28)22-19-8-3-4-9-20(19)25(29)27(13-15-30-2)23(22)21-10-6-16-32-21/h3-10,14,16-17,22-23H,11-13,15H2,1-2H3,(H,26,28). The molecule has 1 aliphatic heterocycles. The number of hydrogen-bond donors (Lipinski definition) is 1. The number of benzene rings is 1. The number of thiophene rings is 1. The molecule has 6 nitrogen and oxygen atoms in total. The average Bonchev–Trinajstić information content (AvgIpc) is 3.51. The molecule has 0 spiro atoms. The summed E-state index contributed by atoms with van der Waals surface area (Å²) in [4.78, 5) is 29.8. The van der Waals surface area contributed by atoms with E-state index in [2.05, 4.69) is 5.32 Å². The Morgan fingerprint density at radius 1 is 1.22 bits per heavy atom. The Labute approximate surface area is 192 Å². The topological polar surface area (TPSA) is 71.8 Å². The van der Waals surface area contributed by atoms with Crippen LogP contribution in [-0.4, -0.2) is 43.0 Å². The first-order valence-electron chi connectivity index (χ1n) is 10.8. The van der Waals surface area contributed by atoms with Crippen LogP contribution in [0.1, 0.15) is 51.9 Å². The molecule has 0 saturated heterocycles. The average molecular weight is 453 g/mol. The maximum atomic E-state index is 13.7. The maximum absolute atomic E-state index is 13.7. The second-order valence-corrected chi connectivity index (χ2v) is 9.02. The largest absolute Gasteiger partial charge is 0.469 e. The van der Waals surface area contributed by atoms with E-state index >= 15 is 0 Å². The number of carbonyl (C=O) groups is 2. The van der Waals surface area contributed by atoms with Crippen LogP contribution < -0.4 is 5.32 Å². The van der Waals surface area contributed by atoms with Gasteiger partial charge >= 0.3 is 0 Å². The molecule has 3 aromatic rings. The van der Waals surface area contributed by atoms with Crippen molar-refractivity contribution in [2.24, 2.45) is 0 Å². The fraction of sp³-hybridized carbons (Fsp3) is 0.360. The van der Waals surface area contributed by atoms with Crippen molar-refractivity contribution in [3.05, 3.63) is 81.9 Å². The molecule has 0 aliphatic carbocycles. The first kappa shape index (κ1) is 22.3. The molecule has 4 rings (SSSR count). The Hall–Kier alpha value is -2.90. The first-order valence-corrected chi connectivity index (χ1v) is 11.7. The van der Waals surface area contributed by atoms with Crippen molar-refractivity contribution < 1.29 is 18.7 Å². The van der Waals surface area contributed by atoms with Gasteiger partial charge in [0.2, 0.25) is 5.91 Å². The highest BCUT2D eigenvalue weighted by molar-refractivity contribution is 7.10. The van der Waals surface area contributed by atoms with Gasteiger partial charge in [-0.1, -0.05) is 24.3 Å². The maximum Gasteiger partial charge on any atom is 0.254 e. The molecule has 1 aliphatic rings. The van der Waals surface area contributed by atoms with Crippen LogP contribution in [0.2, 0.25) is 0 Å². The van der Waals surface area contributed by atoms with E-state index in [1.165, 1.54) is 0 Å². The molecular formula is C25H28N2O4S. The number of rotatable bonds is 9. The molecule has 168 valence electrons.